The molecule has 0 bridgehead atoms. The topological polar surface area (TPSA) is 79.6 Å². The molecule has 2 amide bonds. The Labute approximate surface area is 161 Å². The van der Waals surface area contributed by atoms with Crippen molar-refractivity contribution in [2.45, 2.75) is 0 Å². The van der Waals surface area contributed by atoms with Gasteiger partial charge in [0, 0.05) is 0 Å². The number of nitriles is 1. The normalized spacial score (nSPS) is 15.1. The molecule has 1 fully saturated rings. The van der Waals surface area contributed by atoms with Crippen molar-refractivity contribution in [3.63, 3.8) is 0 Å². The number of imide groups is 1. The van der Waals surface area contributed by atoms with Crippen LogP contribution in [0.1, 0.15) is 5.56 Å². The first-order valence-corrected chi connectivity index (χ1v) is 9.02. The Kier molecular flexibility index (Phi) is 6.13. The van der Waals surface area contributed by atoms with E-state index in [0.29, 0.717) is 16.4 Å². The largest absolute Gasteiger partial charge is 0.492 e. The van der Waals surface area contributed by atoms with E-state index in [-0.39, 0.29) is 30.9 Å². The van der Waals surface area contributed by atoms with Crippen molar-refractivity contribution in [1.29, 1.82) is 5.26 Å². The van der Waals surface area contributed by atoms with E-state index in [1.165, 1.54) is 4.90 Å². The summed E-state index contributed by atoms with van der Waals surface area (Å²) < 4.78 is 10.8. The van der Waals surface area contributed by atoms with Crippen LogP contribution in [-0.2, 0) is 4.79 Å². The highest BCUT2D eigenvalue weighted by Crippen LogP contribution is 2.32. The molecule has 1 saturated heterocycles. The van der Waals surface area contributed by atoms with Crippen molar-refractivity contribution < 1.29 is 19.1 Å². The Balaban J connectivity index is 1.63. The fraction of sp³-hybridized carbons (Fsp3) is 0.150. The molecule has 1 aliphatic rings. The highest BCUT2D eigenvalue weighted by Gasteiger charge is 2.34. The summed E-state index contributed by atoms with van der Waals surface area (Å²) in [6.07, 6.45) is 1.64. The quantitative estimate of drug-likeness (QED) is 0.682. The molecular formula is C20H16N2O4S. The van der Waals surface area contributed by atoms with Crippen molar-refractivity contribution in [2.24, 2.45) is 0 Å². The molecule has 6 nitrogen and oxygen atoms in total. The minimum atomic E-state index is -0.343. The van der Waals surface area contributed by atoms with E-state index in [4.69, 9.17) is 14.7 Å². The molecular weight excluding hydrogens is 364 g/mol. The summed E-state index contributed by atoms with van der Waals surface area (Å²) in [6, 6.07) is 18.1. The van der Waals surface area contributed by atoms with Gasteiger partial charge < -0.3 is 9.47 Å². The molecule has 0 saturated carbocycles. The van der Waals surface area contributed by atoms with Gasteiger partial charge in [-0.3, -0.25) is 14.5 Å². The van der Waals surface area contributed by atoms with E-state index in [1.54, 1.807) is 30.3 Å². The molecule has 0 unspecified atom stereocenters. The van der Waals surface area contributed by atoms with Gasteiger partial charge in [-0.15, -0.1) is 0 Å². The predicted molar refractivity (Wildman–Crippen MR) is 102 cm³/mol. The molecule has 0 aliphatic carbocycles. The van der Waals surface area contributed by atoms with Gasteiger partial charge in [-0.1, -0.05) is 30.3 Å². The molecule has 0 spiro atoms. The van der Waals surface area contributed by atoms with E-state index < -0.39 is 0 Å². The van der Waals surface area contributed by atoms with Gasteiger partial charge in [-0.2, -0.15) is 5.26 Å². The van der Waals surface area contributed by atoms with Crippen molar-refractivity contribution in [3.05, 3.63) is 65.1 Å². The monoisotopic (exact) mass is 380 g/mol. The number of rotatable bonds is 7. The fourth-order valence-electron chi connectivity index (χ4n) is 2.43. The lowest BCUT2D eigenvalue weighted by Crippen LogP contribution is -2.32. The average molecular weight is 380 g/mol. The van der Waals surface area contributed by atoms with Crippen molar-refractivity contribution in [3.8, 4) is 17.6 Å². The minimum Gasteiger partial charge on any atom is -0.492 e. The molecule has 1 aliphatic heterocycles. The van der Waals surface area contributed by atoms with Crippen LogP contribution in [0.3, 0.4) is 0 Å². The minimum absolute atomic E-state index is 0.0542. The smallest absolute Gasteiger partial charge is 0.293 e. The Bertz CT molecular complexity index is 906. The number of hydrogen-bond donors (Lipinski definition) is 0. The number of ether oxygens (including phenoxy) is 2. The van der Waals surface area contributed by atoms with Crippen LogP contribution in [0, 0.1) is 11.3 Å². The van der Waals surface area contributed by atoms with Crippen molar-refractivity contribution >= 4 is 29.0 Å². The van der Waals surface area contributed by atoms with E-state index >= 15 is 0 Å². The molecule has 3 rings (SSSR count). The van der Waals surface area contributed by atoms with E-state index in [2.05, 4.69) is 0 Å². The Hall–Kier alpha value is -3.24. The predicted octanol–water partition coefficient (Wildman–Crippen LogP) is 3.70. The summed E-state index contributed by atoms with van der Waals surface area (Å²) in [7, 11) is 0. The number of nitrogens with zero attached hydrogens (tertiary/aromatic N) is 2. The third-order valence-electron chi connectivity index (χ3n) is 3.66. The number of amides is 2. The van der Waals surface area contributed by atoms with E-state index in [1.807, 2.05) is 36.4 Å². The third kappa shape index (κ3) is 4.90. The molecule has 27 heavy (non-hydrogen) atoms. The van der Waals surface area contributed by atoms with Crippen LogP contribution < -0.4 is 9.47 Å². The molecule has 7 heteroatoms. The Morgan fingerprint density at radius 3 is 2.59 bits per heavy atom. The van der Waals surface area contributed by atoms with Crippen LogP contribution in [-0.4, -0.2) is 35.8 Å². The van der Waals surface area contributed by atoms with Gasteiger partial charge in [-0.05, 0) is 47.7 Å². The first-order valence-electron chi connectivity index (χ1n) is 8.20. The maximum atomic E-state index is 12.5. The zero-order chi connectivity index (χ0) is 19.1. The highest BCUT2D eigenvalue weighted by atomic mass is 32.2. The van der Waals surface area contributed by atoms with Gasteiger partial charge >= 0.3 is 0 Å². The molecule has 0 atom stereocenters. The van der Waals surface area contributed by atoms with Gasteiger partial charge in [-0.25, -0.2) is 0 Å². The first kappa shape index (κ1) is 18.5. The maximum absolute atomic E-state index is 12.5. The van der Waals surface area contributed by atoms with Gasteiger partial charge in [0.05, 0.1) is 11.4 Å². The summed E-state index contributed by atoms with van der Waals surface area (Å²) in [5.41, 5.74) is 0.719. The lowest BCUT2D eigenvalue weighted by atomic mass is 10.2. The van der Waals surface area contributed by atoms with Crippen molar-refractivity contribution in [2.75, 3.05) is 19.8 Å². The number of thioether (sulfide) groups is 1. The number of benzene rings is 2. The number of para-hydroxylation sites is 1. The van der Waals surface area contributed by atoms with Crippen LogP contribution in [0.25, 0.3) is 6.08 Å². The molecule has 1 heterocycles. The fourth-order valence-corrected chi connectivity index (χ4v) is 3.29. The van der Waals surface area contributed by atoms with E-state index in [0.717, 1.165) is 17.3 Å². The second-order valence-electron chi connectivity index (χ2n) is 5.51. The summed E-state index contributed by atoms with van der Waals surface area (Å²) in [4.78, 5) is 26.2. The summed E-state index contributed by atoms with van der Waals surface area (Å²) in [6.45, 7) is 0.358. The second-order valence-corrected chi connectivity index (χ2v) is 6.51. The maximum Gasteiger partial charge on any atom is 0.293 e. The molecule has 0 radical (unpaired) electrons. The third-order valence-corrected chi connectivity index (χ3v) is 4.57. The molecule has 2 aromatic rings. The SMILES string of the molecule is N#CCOc1cccc(/C=C2\SC(=O)N(CCOc3ccccc3)C2=O)c1. The average Bonchev–Trinajstić information content (AvgIpc) is 2.95. The Morgan fingerprint density at radius 1 is 1.04 bits per heavy atom. The molecule has 136 valence electrons. The summed E-state index contributed by atoms with van der Waals surface area (Å²) in [5.74, 6) is 0.875. The highest BCUT2D eigenvalue weighted by molar-refractivity contribution is 8.18. The van der Waals surface area contributed by atoms with Crippen LogP contribution in [0.15, 0.2) is 59.5 Å². The zero-order valence-corrected chi connectivity index (χ0v) is 15.1. The lowest BCUT2D eigenvalue weighted by Gasteiger charge is -2.13. The van der Waals surface area contributed by atoms with Crippen LogP contribution in [0.4, 0.5) is 4.79 Å². The van der Waals surface area contributed by atoms with Gasteiger partial charge in [0.25, 0.3) is 11.1 Å². The van der Waals surface area contributed by atoms with Gasteiger partial charge in [0.15, 0.2) is 6.61 Å². The number of carbonyl (C=O) groups excluding carboxylic acids is 2. The second kappa shape index (κ2) is 8.92. The zero-order valence-electron chi connectivity index (χ0n) is 14.3. The molecule has 0 N–H and O–H groups in total. The van der Waals surface area contributed by atoms with Crippen molar-refractivity contribution in [1.82, 2.24) is 4.90 Å². The van der Waals surface area contributed by atoms with Crippen LogP contribution in [0.5, 0.6) is 11.5 Å². The molecule has 2 aromatic carbocycles. The van der Waals surface area contributed by atoms with E-state index in [9.17, 15) is 9.59 Å². The number of carbonyl (C=O) groups is 2. The standard InChI is InChI=1S/C20H16N2O4S/c21-9-11-25-17-8-4-5-15(13-17)14-18-19(23)22(20(24)27-18)10-12-26-16-6-2-1-3-7-16/h1-8,13-14H,10-12H2/b18-14-. The summed E-state index contributed by atoms with van der Waals surface area (Å²) in [5, 5.41) is 8.26. The number of hydrogen-bond acceptors (Lipinski definition) is 6. The Morgan fingerprint density at radius 2 is 1.81 bits per heavy atom. The van der Waals surface area contributed by atoms with Crippen LogP contribution >= 0.6 is 11.8 Å². The van der Waals surface area contributed by atoms with Gasteiger partial charge in [0.2, 0.25) is 0 Å². The lowest BCUT2D eigenvalue weighted by molar-refractivity contribution is -0.123. The molecule has 0 aromatic heterocycles. The van der Waals surface area contributed by atoms with Crippen LogP contribution in [0.2, 0.25) is 0 Å². The summed E-state index contributed by atoms with van der Waals surface area (Å²) >= 11 is 0.896. The first-order chi connectivity index (χ1) is 13.2. The van der Waals surface area contributed by atoms with Gasteiger partial charge in [0.1, 0.15) is 24.2 Å².